The third-order valence-corrected chi connectivity index (χ3v) is 8.12. The summed E-state index contributed by atoms with van der Waals surface area (Å²) in [7, 11) is 0. The molecular weight excluding hydrogens is 497 g/mol. The van der Waals surface area contributed by atoms with Crippen molar-refractivity contribution in [3.63, 3.8) is 0 Å². The molecule has 1 aliphatic heterocycles. The van der Waals surface area contributed by atoms with Crippen LogP contribution in [0.15, 0.2) is 42.5 Å². The van der Waals surface area contributed by atoms with Crippen LogP contribution in [-0.4, -0.2) is 54.2 Å². The highest BCUT2D eigenvalue weighted by Crippen LogP contribution is 2.46. The van der Waals surface area contributed by atoms with Crippen molar-refractivity contribution in [2.45, 2.75) is 56.7 Å². The third kappa shape index (κ3) is 5.67. The van der Waals surface area contributed by atoms with Gasteiger partial charge in [-0.1, -0.05) is 25.3 Å². The highest BCUT2D eigenvalue weighted by molar-refractivity contribution is 5.96. The minimum absolute atomic E-state index is 0.0242. The van der Waals surface area contributed by atoms with Crippen LogP contribution in [0.2, 0.25) is 0 Å². The fourth-order valence-electron chi connectivity index (χ4n) is 5.98. The van der Waals surface area contributed by atoms with Gasteiger partial charge >= 0.3 is 6.18 Å². The number of carbonyl (C=O) groups is 2. The number of hydrogen-bond acceptors (Lipinski definition) is 4. The van der Waals surface area contributed by atoms with Crippen molar-refractivity contribution < 1.29 is 32.6 Å². The molecule has 204 valence electrons. The molecule has 1 unspecified atom stereocenters. The van der Waals surface area contributed by atoms with Crippen LogP contribution in [0.1, 0.15) is 76.3 Å². The van der Waals surface area contributed by atoms with Crippen molar-refractivity contribution in [1.82, 2.24) is 10.2 Å². The van der Waals surface area contributed by atoms with Gasteiger partial charge in [0.05, 0.1) is 12.2 Å². The zero-order valence-electron chi connectivity index (χ0n) is 21.2. The molecule has 2 N–H and O–H groups in total. The number of alkyl halides is 3. The Bertz CT molecular complexity index is 1150. The number of hydrogen-bond donors (Lipinski definition) is 2. The summed E-state index contributed by atoms with van der Waals surface area (Å²) < 4.78 is 47.1. The molecule has 1 saturated heterocycles. The summed E-state index contributed by atoms with van der Waals surface area (Å²) in [5.41, 5.74) is 0.167. The van der Waals surface area contributed by atoms with Gasteiger partial charge in [0.2, 0.25) is 0 Å². The summed E-state index contributed by atoms with van der Waals surface area (Å²) in [6.07, 6.45) is 0.431. The van der Waals surface area contributed by atoms with E-state index in [0.717, 1.165) is 38.2 Å². The summed E-state index contributed by atoms with van der Waals surface area (Å²) in [6, 6.07) is 10.7. The van der Waals surface area contributed by atoms with Crippen molar-refractivity contribution >= 4 is 11.8 Å². The number of halogens is 3. The summed E-state index contributed by atoms with van der Waals surface area (Å²) in [4.78, 5) is 27.5. The number of amides is 2. The quantitative estimate of drug-likeness (QED) is 0.470. The van der Waals surface area contributed by atoms with E-state index in [0.29, 0.717) is 43.0 Å². The van der Waals surface area contributed by atoms with Gasteiger partial charge in [0.25, 0.3) is 11.8 Å². The summed E-state index contributed by atoms with van der Waals surface area (Å²) in [5, 5.41) is 11.7. The number of ether oxygens (including phenoxy) is 1. The van der Waals surface area contributed by atoms with Crippen LogP contribution < -0.4 is 10.1 Å². The molecule has 1 heterocycles. The van der Waals surface area contributed by atoms with E-state index in [2.05, 4.69) is 5.32 Å². The highest BCUT2D eigenvalue weighted by atomic mass is 19.4. The van der Waals surface area contributed by atoms with Crippen LogP contribution in [0, 0.1) is 11.8 Å². The number of aliphatic hydroxyl groups excluding tert-OH is 1. The van der Waals surface area contributed by atoms with Gasteiger partial charge < -0.3 is 20.1 Å². The van der Waals surface area contributed by atoms with Crippen molar-refractivity contribution in [3.05, 3.63) is 64.7 Å². The van der Waals surface area contributed by atoms with E-state index in [-0.39, 0.29) is 41.9 Å². The Labute approximate surface area is 220 Å². The number of carbonyl (C=O) groups excluding carboxylic acids is 2. The largest absolute Gasteiger partial charge is 0.494 e. The molecular formula is C29H33F3N2O4. The number of piperidine rings is 1. The molecule has 0 aromatic heterocycles. The van der Waals surface area contributed by atoms with Crippen molar-refractivity contribution in [1.29, 1.82) is 0 Å². The minimum atomic E-state index is -4.51. The second kappa shape index (κ2) is 11.0. The number of aliphatic hydroxyl groups is 1. The zero-order chi connectivity index (χ0) is 26.9. The Morgan fingerprint density at radius 2 is 1.63 bits per heavy atom. The molecule has 2 aromatic carbocycles. The van der Waals surface area contributed by atoms with Gasteiger partial charge in [-0.2, -0.15) is 13.2 Å². The van der Waals surface area contributed by atoms with Gasteiger partial charge in [-0.05, 0) is 60.7 Å². The van der Waals surface area contributed by atoms with E-state index >= 15 is 0 Å². The Hall–Kier alpha value is -3.07. The van der Waals surface area contributed by atoms with Gasteiger partial charge in [-0.3, -0.25) is 9.59 Å². The van der Waals surface area contributed by atoms with Crippen LogP contribution in [-0.2, 0) is 6.18 Å². The zero-order valence-corrected chi connectivity index (χ0v) is 21.2. The van der Waals surface area contributed by atoms with Crippen molar-refractivity contribution in [2.75, 3.05) is 26.3 Å². The van der Waals surface area contributed by atoms with Gasteiger partial charge in [0.1, 0.15) is 5.75 Å². The molecule has 2 saturated carbocycles. The van der Waals surface area contributed by atoms with Crippen molar-refractivity contribution in [2.24, 2.45) is 11.8 Å². The van der Waals surface area contributed by atoms with E-state index in [1.807, 2.05) is 0 Å². The van der Waals surface area contributed by atoms with Crippen LogP contribution >= 0.6 is 0 Å². The van der Waals surface area contributed by atoms with E-state index < -0.39 is 17.6 Å². The first-order valence-electron chi connectivity index (χ1n) is 13.4. The lowest BCUT2D eigenvalue weighted by Gasteiger charge is -2.25. The number of benzene rings is 2. The fraction of sp³-hybridized carbons (Fsp3) is 0.517. The van der Waals surface area contributed by atoms with Crippen molar-refractivity contribution in [3.8, 4) is 5.75 Å². The van der Waals surface area contributed by atoms with Crippen LogP contribution in [0.5, 0.6) is 5.75 Å². The first kappa shape index (κ1) is 26.5. The predicted molar refractivity (Wildman–Crippen MR) is 135 cm³/mol. The van der Waals surface area contributed by atoms with E-state index in [4.69, 9.17) is 9.84 Å². The Morgan fingerprint density at radius 3 is 2.26 bits per heavy atom. The maximum Gasteiger partial charge on any atom is 0.416 e. The summed E-state index contributed by atoms with van der Waals surface area (Å²) >= 11 is 0. The normalized spacial score (nSPS) is 23.2. The number of rotatable bonds is 8. The number of nitrogens with zero attached hydrogens (tertiary/aromatic N) is 1. The Balaban J connectivity index is 1.17. The molecule has 3 fully saturated rings. The third-order valence-electron chi connectivity index (χ3n) is 8.12. The standard InChI is InChI=1S/C29H33F3N2O4/c30-29(31,32)25-15-20(9-12-22(25)18-5-2-1-3-6-18)27(36)33-26-23-16-34(17-24(23)26)28(37)19-7-10-21(11-8-19)38-14-4-13-35/h7-12,15,18,23-24,26,35H,1-6,13-14,16-17H2,(H,33,36)/t23-,24+,26?. The van der Waals surface area contributed by atoms with E-state index in [1.54, 1.807) is 29.2 Å². The van der Waals surface area contributed by atoms with Gasteiger partial charge in [-0.15, -0.1) is 0 Å². The molecule has 6 nitrogen and oxygen atoms in total. The average Bonchev–Trinajstić information content (AvgIpc) is 3.34. The van der Waals surface area contributed by atoms with E-state index in [9.17, 15) is 22.8 Å². The molecule has 3 aliphatic rings. The Kier molecular flexibility index (Phi) is 7.66. The minimum Gasteiger partial charge on any atom is -0.494 e. The Morgan fingerprint density at radius 1 is 0.974 bits per heavy atom. The van der Waals surface area contributed by atoms with Gasteiger partial charge in [0, 0.05) is 55.1 Å². The van der Waals surface area contributed by atoms with Crippen LogP contribution in [0.3, 0.4) is 0 Å². The lowest BCUT2D eigenvalue weighted by molar-refractivity contribution is -0.138. The monoisotopic (exact) mass is 530 g/mol. The van der Waals surface area contributed by atoms with Crippen LogP contribution in [0.4, 0.5) is 13.2 Å². The lowest BCUT2D eigenvalue weighted by Crippen LogP contribution is -2.37. The topological polar surface area (TPSA) is 78.9 Å². The SMILES string of the molecule is O=C(NC1[C@H]2CN(C(=O)c3ccc(OCCCO)cc3)C[C@@H]12)c1ccc(C2CCCCC2)c(C(F)(F)F)c1. The van der Waals surface area contributed by atoms with Gasteiger partial charge in [0.15, 0.2) is 0 Å². The smallest absolute Gasteiger partial charge is 0.416 e. The molecule has 38 heavy (non-hydrogen) atoms. The van der Waals surface area contributed by atoms with E-state index in [1.165, 1.54) is 12.1 Å². The average molecular weight is 531 g/mol. The first-order valence-corrected chi connectivity index (χ1v) is 13.4. The number of nitrogens with one attached hydrogen (secondary N) is 1. The van der Waals surface area contributed by atoms with Crippen LogP contribution in [0.25, 0.3) is 0 Å². The first-order chi connectivity index (χ1) is 18.3. The molecule has 2 aromatic rings. The number of fused-ring (bicyclic) bond motifs is 1. The second-order valence-corrected chi connectivity index (χ2v) is 10.6. The lowest BCUT2D eigenvalue weighted by atomic mass is 9.81. The molecule has 0 bridgehead atoms. The molecule has 3 atom stereocenters. The number of likely N-dealkylation sites (tertiary alicyclic amines) is 1. The maximum absolute atomic E-state index is 13.9. The summed E-state index contributed by atoms with van der Waals surface area (Å²) in [6.45, 7) is 1.44. The predicted octanol–water partition coefficient (Wildman–Crippen LogP) is 5.01. The molecule has 2 aliphatic carbocycles. The maximum atomic E-state index is 13.9. The highest BCUT2D eigenvalue weighted by Gasteiger charge is 2.57. The molecule has 0 spiro atoms. The molecule has 9 heteroatoms. The molecule has 5 rings (SSSR count). The second-order valence-electron chi connectivity index (χ2n) is 10.6. The fourth-order valence-corrected chi connectivity index (χ4v) is 5.98. The molecule has 0 radical (unpaired) electrons. The molecule has 2 amide bonds. The van der Waals surface area contributed by atoms with Gasteiger partial charge in [-0.25, -0.2) is 0 Å². The summed E-state index contributed by atoms with van der Waals surface area (Å²) in [5.74, 6) is 0.124.